The standard InChI is InChI=1S/C17H27N5O3/c1-7-9-22-14(24)12-13(19-15(18-12)17(2,3)4)21(16(22)25)10-8-11(23)20(5)6/h7-10H2,1-6H3,(H,18,19). The van der Waals surface area contributed by atoms with Crippen LogP contribution in [0.3, 0.4) is 0 Å². The molecule has 0 saturated heterocycles. The Hall–Kier alpha value is -2.38. The number of hydrogen-bond donors (Lipinski definition) is 1. The summed E-state index contributed by atoms with van der Waals surface area (Å²) >= 11 is 0. The van der Waals surface area contributed by atoms with E-state index in [9.17, 15) is 14.4 Å². The highest BCUT2D eigenvalue weighted by atomic mass is 16.2. The lowest BCUT2D eigenvalue weighted by atomic mass is 9.96. The molecule has 0 radical (unpaired) electrons. The highest BCUT2D eigenvalue weighted by Gasteiger charge is 2.23. The van der Waals surface area contributed by atoms with Gasteiger partial charge >= 0.3 is 5.69 Å². The van der Waals surface area contributed by atoms with E-state index in [4.69, 9.17) is 0 Å². The van der Waals surface area contributed by atoms with Gasteiger partial charge in [0.2, 0.25) is 5.91 Å². The van der Waals surface area contributed by atoms with Gasteiger partial charge in [0.1, 0.15) is 11.3 Å². The average Bonchev–Trinajstić information content (AvgIpc) is 2.96. The normalized spacial score (nSPS) is 11.9. The number of aromatic nitrogens is 4. The summed E-state index contributed by atoms with van der Waals surface area (Å²) < 4.78 is 2.65. The second-order valence-electron chi connectivity index (χ2n) is 7.46. The van der Waals surface area contributed by atoms with E-state index in [1.54, 1.807) is 14.1 Å². The molecular weight excluding hydrogens is 322 g/mol. The number of nitrogens with zero attached hydrogens (tertiary/aromatic N) is 4. The molecule has 0 bridgehead atoms. The van der Waals surface area contributed by atoms with Gasteiger partial charge in [-0.25, -0.2) is 9.78 Å². The number of nitrogens with one attached hydrogen (secondary N) is 1. The molecule has 8 heteroatoms. The van der Waals surface area contributed by atoms with Crippen LogP contribution >= 0.6 is 0 Å². The molecule has 0 aromatic carbocycles. The monoisotopic (exact) mass is 349 g/mol. The maximum Gasteiger partial charge on any atom is 0.332 e. The third-order valence-corrected chi connectivity index (χ3v) is 4.07. The van der Waals surface area contributed by atoms with Crippen molar-refractivity contribution in [3.05, 3.63) is 26.7 Å². The minimum atomic E-state index is -0.419. The second kappa shape index (κ2) is 6.85. The van der Waals surface area contributed by atoms with Crippen molar-refractivity contribution >= 4 is 17.1 Å². The lowest BCUT2D eigenvalue weighted by Crippen LogP contribution is -2.40. The van der Waals surface area contributed by atoms with Gasteiger partial charge in [-0.1, -0.05) is 27.7 Å². The smallest absolute Gasteiger partial charge is 0.332 e. The Labute approximate surface area is 146 Å². The van der Waals surface area contributed by atoms with Crippen LogP contribution in [0.1, 0.15) is 46.4 Å². The number of carbonyl (C=O) groups excluding carboxylic acids is 1. The Morgan fingerprint density at radius 1 is 1.16 bits per heavy atom. The van der Waals surface area contributed by atoms with Crippen molar-refractivity contribution in [2.24, 2.45) is 0 Å². The molecule has 2 aromatic heterocycles. The molecule has 25 heavy (non-hydrogen) atoms. The quantitative estimate of drug-likeness (QED) is 0.874. The zero-order chi connectivity index (χ0) is 18.9. The van der Waals surface area contributed by atoms with E-state index in [1.165, 1.54) is 14.0 Å². The lowest BCUT2D eigenvalue weighted by Gasteiger charge is -2.14. The highest BCUT2D eigenvalue weighted by Crippen LogP contribution is 2.20. The number of carbonyl (C=O) groups is 1. The molecule has 2 rings (SSSR count). The first kappa shape index (κ1) is 19.0. The van der Waals surface area contributed by atoms with E-state index >= 15 is 0 Å². The van der Waals surface area contributed by atoms with Crippen molar-refractivity contribution in [1.29, 1.82) is 0 Å². The Morgan fingerprint density at radius 3 is 2.32 bits per heavy atom. The SMILES string of the molecule is CCCn1c(=O)c2[nH]c(C(C)(C)C)nc2n(CCC(=O)N(C)C)c1=O. The molecule has 0 unspecified atom stereocenters. The number of imidazole rings is 1. The maximum atomic E-state index is 12.8. The third kappa shape index (κ3) is 3.67. The number of H-pyrrole nitrogens is 1. The molecule has 8 nitrogen and oxygen atoms in total. The van der Waals surface area contributed by atoms with Crippen molar-refractivity contribution in [3.63, 3.8) is 0 Å². The minimum absolute atomic E-state index is 0.0835. The average molecular weight is 349 g/mol. The molecule has 2 heterocycles. The van der Waals surface area contributed by atoms with Crippen molar-refractivity contribution in [1.82, 2.24) is 24.0 Å². The minimum Gasteiger partial charge on any atom is -0.349 e. The maximum absolute atomic E-state index is 12.8. The van der Waals surface area contributed by atoms with Crippen molar-refractivity contribution in [2.45, 2.75) is 59.0 Å². The second-order valence-corrected chi connectivity index (χ2v) is 7.46. The van der Waals surface area contributed by atoms with E-state index in [2.05, 4.69) is 9.97 Å². The Morgan fingerprint density at radius 2 is 1.80 bits per heavy atom. The topological polar surface area (TPSA) is 93.0 Å². The van der Waals surface area contributed by atoms with Gasteiger partial charge in [-0.3, -0.25) is 18.7 Å². The lowest BCUT2D eigenvalue weighted by molar-refractivity contribution is -0.128. The number of fused-ring (bicyclic) bond motifs is 1. The van der Waals surface area contributed by atoms with E-state index in [0.717, 1.165) is 0 Å². The number of aromatic amines is 1. The first-order chi connectivity index (χ1) is 11.6. The molecule has 1 N–H and O–H groups in total. The number of hydrogen-bond acceptors (Lipinski definition) is 4. The van der Waals surface area contributed by atoms with E-state index < -0.39 is 5.69 Å². The molecule has 0 spiro atoms. The van der Waals surface area contributed by atoms with Gasteiger partial charge in [-0.05, 0) is 6.42 Å². The van der Waals surface area contributed by atoms with E-state index in [1.807, 2.05) is 27.7 Å². The van der Waals surface area contributed by atoms with Gasteiger partial charge in [0.05, 0.1) is 0 Å². The third-order valence-electron chi connectivity index (χ3n) is 4.07. The van der Waals surface area contributed by atoms with Crippen LogP contribution in [0, 0.1) is 0 Å². The summed E-state index contributed by atoms with van der Waals surface area (Å²) in [7, 11) is 3.34. The Bertz CT molecular complexity index is 896. The molecule has 138 valence electrons. The Balaban J connectivity index is 2.68. The summed E-state index contributed by atoms with van der Waals surface area (Å²) in [6.45, 7) is 8.36. The first-order valence-electron chi connectivity index (χ1n) is 8.52. The number of amides is 1. The molecule has 0 atom stereocenters. The Kier molecular flexibility index (Phi) is 5.20. The number of rotatable bonds is 5. The first-order valence-corrected chi connectivity index (χ1v) is 8.52. The van der Waals surface area contributed by atoms with Crippen LogP contribution in [0.4, 0.5) is 0 Å². The zero-order valence-electron chi connectivity index (χ0n) is 15.8. The molecule has 0 aliphatic carbocycles. The highest BCUT2D eigenvalue weighted by molar-refractivity contribution is 5.76. The largest absolute Gasteiger partial charge is 0.349 e. The van der Waals surface area contributed by atoms with Gasteiger partial charge in [-0.2, -0.15) is 0 Å². The van der Waals surface area contributed by atoms with E-state index in [-0.39, 0.29) is 29.8 Å². The zero-order valence-corrected chi connectivity index (χ0v) is 15.8. The van der Waals surface area contributed by atoms with Crippen LogP contribution in [0.15, 0.2) is 9.59 Å². The summed E-state index contributed by atoms with van der Waals surface area (Å²) in [5.74, 6) is 0.556. The van der Waals surface area contributed by atoms with Gasteiger partial charge in [0.15, 0.2) is 5.65 Å². The molecule has 0 saturated carbocycles. The van der Waals surface area contributed by atoms with Crippen LogP contribution < -0.4 is 11.2 Å². The molecular formula is C17H27N5O3. The van der Waals surface area contributed by atoms with Crippen LogP contribution in [0.25, 0.3) is 11.2 Å². The van der Waals surface area contributed by atoms with Crippen molar-refractivity contribution < 1.29 is 4.79 Å². The van der Waals surface area contributed by atoms with Crippen LogP contribution in [-0.4, -0.2) is 44.0 Å². The fraction of sp³-hybridized carbons (Fsp3) is 0.647. The summed E-state index contributed by atoms with van der Waals surface area (Å²) in [5, 5.41) is 0. The number of aryl methyl sites for hydroxylation is 1. The molecule has 0 fully saturated rings. The summed E-state index contributed by atoms with van der Waals surface area (Å²) in [6.07, 6.45) is 0.835. The van der Waals surface area contributed by atoms with Gasteiger partial charge in [-0.15, -0.1) is 0 Å². The summed E-state index contributed by atoms with van der Waals surface area (Å²) in [6, 6.07) is 0. The van der Waals surface area contributed by atoms with Crippen molar-refractivity contribution in [2.75, 3.05) is 14.1 Å². The fourth-order valence-corrected chi connectivity index (χ4v) is 2.58. The van der Waals surface area contributed by atoms with Crippen LogP contribution in [0.2, 0.25) is 0 Å². The predicted molar refractivity (Wildman–Crippen MR) is 96.9 cm³/mol. The van der Waals surface area contributed by atoms with E-state index in [0.29, 0.717) is 30.0 Å². The summed E-state index contributed by atoms with van der Waals surface area (Å²) in [5.41, 5.74) is -0.437. The van der Waals surface area contributed by atoms with Crippen molar-refractivity contribution in [3.8, 4) is 0 Å². The van der Waals surface area contributed by atoms with Crippen LogP contribution in [0.5, 0.6) is 0 Å². The van der Waals surface area contributed by atoms with Gasteiger partial charge in [0.25, 0.3) is 5.56 Å². The fourth-order valence-electron chi connectivity index (χ4n) is 2.58. The molecule has 0 aliphatic heterocycles. The predicted octanol–water partition coefficient (Wildman–Crippen LogP) is 1.07. The molecule has 1 amide bonds. The molecule has 0 aliphatic rings. The molecule has 2 aromatic rings. The van der Waals surface area contributed by atoms with Gasteiger partial charge < -0.3 is 9.88 Å². The summed E-state index contributed by atoms with van der Waals surface area (Å²) in [4.78, 5) is 46.4. The van der Waals surface area contributed by atoms with Crippen LogP contribution in [-0.2, 0) is 23.3 Å². The van der Waals surface area contributed by atoms with Gasteiger partial charge in [0, 0.05) is 39.0 Å².